The molecule has 0 saturated carbocycles. The molecular formula is C20H31ClN8O10. The first kappa shape index (κ1) is 34.5. The van der Waals surface area contributed by atoms with Crippen LogP contribution in [0.2, 0.25) is 0 Å². The van der Waals surface area contributed by atoms with Gasteiger partial charge in [-0.2, -0.15) is 0 Å². The number of primary amides is 2. The number of aliphatic carboxylic acids is 1. The molecule has 0 aromatic heterocycles. The lowest BCUT2D eigenvalue weighted by Crippen LogP contribution is -2.55. The predicted molar refractivity (Wildman–Crippen MR) is 131 cm³/mol. The molecule has 39 heavy (non-hydrogen) atoms. The molecule has 0 aliphatic rings. The summed E-state index contributed by atoms with van der Waals surface area (Å²) in [5.41, 5.74) is 10.1. The van der Waals surface area contributed by atoms with Crippen LogP contribution in [0.4, 0.5) is 0 Å². The number of alkyl halides is 1. The summed E-state index contributed by atoms with van der Waals surface area (Å²) in [7, 11) is 0. The minimum atomic E-state index is -1.60. The number of amides is 8. The number of carbonyl (C=O) groups excluding carboxylic acids is 8. The van der Waals surface area contributed by atoms with Crippen LogP contribution in [0.25, 0.3) is 0 Å². The molecule has 0 aromatic rings. The highest BCUT2D eigenvalue weighted by molar-refractivity contribution is 6.27. The Morgan fingerprint density at radius 1 is 0.718 bits per heavy atom. The molecule has 11 N–H and O–H groups in total. The maximum absolute atomic E-state index is 12.5. The quantitative estimate of drug-likeness (QED) is 0.0694. The number of hydrogen-bond acceptors (Lipinski definition) is 9. The second-order valence-corrected chi connectivity index (χ2v) is 8.15. The van der Waals surface area contributed by atoms with Gasteiger partial charge in [-0.3, -0.25) is 43.2 Å². The van der Waals surface area contributed by atoms with Gasteiger partial charge in [0.1, 0.15) is 24.0 Å². The van der Waals surface area contributed by atoms with Crippen LogP contribution in [0.5, 0.6) is 0 Å². The van der Waals surface area contributed by atoms with Gasteiger partial charge in [0, 0.05) is 6.42 Å². The van der Waals surface area contributed by atoms with E-state index in [1.165, 1.54) is 6.92 Å². The van der Waals surface area contributed by atoms with Crippen molar-refractivity contribution in [2.45, 2.75) is 44.3 Å². The molecule has 0 fully saturated rings. The van der Waals surface area contributed by atoms with Crippen molar-refractivity contribution in [3.63, 3.8) is 0 Å². The van der Waals surface area contributed by atoms with E-state index >= 15 is 0 Å². The zero-order valence-corrected chi connectivity index (χ0v) is 21.6. The molecule has 0 heterocycles. The molecule has 0 aromatic carbocycles. The van der Waals surface area contributed by atoms with E-state index in [9.17, 15) is 43.2 Å². The standard InChI is InChI=1S/C20H31ClN8O10/c1-9(18(23)37)27-16(34)8-25-14(32)6-24-15(33)7-26-19(38)10(2-3-12(22)30)29-20(39)11(4-17(35)36)28-13(31)5-21/h9-11H,2-8H2,1H3,(H2,22,30)(H2,23,37)(H,24,33)(H,25,32)(H,26,38)(H,27,34)(H,28,31)(H,29,39)(H,35,36). The zero-order valence-electron chi connectivity index (χ0n) is 20.8. The van der Waals surface area contributed by atoms with Gasteiger partial charge >= 0.3 is 5.97 Å². The molecule has 3 atom stereocenters. The van der Waals surface area contributed by atoms with Crippen molar-refractivity contribution in [3.05, 3.63) is 0 Å². The summed E-state index contributed by atoms with van der Waals surface area (Å²) in [5.74, 6) is -8.80. The van der Waals surface area contributed by atoms with Crippen LogP contribution in [0.3, 0.4) is 0 Å². The summed E-state index contributed by atoms with van der Waals surface area (Å²) in [6, 6.07) is -4.01. The van der Waals surface area contributed by atoms with Crippen molar-refractivity contribution in [1.82, 2.24) is 31.9 Å². The van der Waals surface area contributed by atoms with E-state index in [0.717, 1.165) is 0 Å². The van der Waals surface area contributed by atoms with Gasteiger partial charge in [0.15, 0.2) is 0 Å². The number of carboxylic acid groups (broad SMARTS) is 1. The molecule has 0 radical (unpaired) electrons. The van der Waals surface area contributed by atoms with Crippen molar-refractivity contribution in [2.24, 2.45) is 11.5 Å². The molecular weight excluding hydrogens is 548 g/mol. The summed E-state index contributed by atoms with van der Waals surface area (Å²) in [6.07, 6.45) is -1.53. The van der Waals surface area contributed by atoms with Gasteiger partial charge in [0.2, 0.25) is 47.3 Å². The molecule has 0 saturated heterocycles. The summed E-state index contributed by atoms with van der Waals surface area (Å²) in [6.45, 7) is -0.410. The summed E-state index contributed by atoms with van der Waals surface area (Å²) in [5, 5.41) is 22.0. The molecule has 0 spiro atoms. The Bertz CT molecular complexity index is 976. The van der Waals surface area contributed by atoms with E-state index in [0.29, 0.717) is 0 Å². The molecule has 0 aliphatic heterocycles. The third-order valence-corrected chi connectivity index (χ3v) is 4.83. The number of nitrogens with one attached hydrogen (secondary N) is 6. The molecule has 0 rings (SSSR count). The van der Waals surface area contributed by atoms with Gasteiger partial charge in [-0.15, -0.1) is 11.6 Å². The second kappa shape index (κ2) is 17.9. The van der Waals surface area contributed by atoms with E-state index in [1.54, 1.807) is 0 Å². The highest BCUT2D eigenvalue weighted by atomic mass is 35.5. The van der Waals surface area contributed by atoms with Crippen LogP contribution in [-0.2, 0) is 43.2 Å². The van der Waals surface area contributed by atoms with Crippen molar-refractivity contribution in [1.29, 1.82) is 0 Å². The number of carboxylic acids is 1. The molecule has 3 unspecified atom stereocenters. The summed E-state index contributed by atoms with van der Waals surface area (Å²) < 4.78 is 0. The van der Waals surface area contributed by atoms with Gasteiger partial charge in [-0.25, -0.2) is 0 Å². The first-order chi connectivity index (χ1) is 18.2. The fourth-order valence-electron chi connectivity index (χ4n) is 2.58. The molecule has 0 bridgehead atoms. The third-order valence-electron chi connectivity index (χ3n) is 4.58. The van der Waals surface area contributed by atoms with Crippen LogP contribution in [0.1, 0.15) is 26.2 Å². The smallest absolute Gasteiger partial charge is 0.305 e. The summed E-state index contributed by atoms with van der Waals surface area (Å²) in [4.78, 5) is 105. The normalized spacial score (nSPS) is 12.5. The van der Waals surface area contributed by atoms with E-state index < -0.39 is 103 Å². The molecule has 8 amide bonds. The lowest BCUT2D eigenvalue weighted by molar-refractivity contribution is -0.141. The van der Waals surface area contributed by atoms with Crippen molar-refractivity contribution < 1.29 is 48.3 Å². The van der Waals surface area contributed by atoms with E-state index in [-0.39, 0.29) is 12.8 Å². The lowest BCUT2D eigenvalue weighted by atomic mass is 10.1. The molecule has 18 nitrogen and oxygen atoms in total. The maximum atomic E-state index is 12.5. The first-order valence-corrected chi connectivity index (χ1v) is 11.7. The van der Waals surface area contributed by atoms with Gasteiger partial charge in [-0.05, 0) is 13.3 Å². The summed E-state index contributed by atoms with van der Waals surface area (Å²) >= 11 is 5.35. The van der Waals surface area contributed by atoms with Crippen molar-refractivity contribution in [3.8, 4) is 0 Å². The van der Waals surface area contributed by atoms with Crippen LogP contribution < -0.4 is 43.4 Å². The second-order valence-electron chi connectivity index (χ2n) is 7.88. The Balaban J connectivity index is 4.90. The lowest BCUT2D eigenvalue weighted by Gasteiger charge is -2.22. The van der Waals surface area contributed by atoms with E-state index in [1.807, 2.05) is 0 Å². The Labute approximate surface area is 226 Å². The van der Waals surface area contributed by atoms with Crippen LogP contribution >= 0.6 is 11.6 Å². The number of nitrogens with two attached hydrogens (primary N) is 2. The number of rotatable bonds is 18. The zero-order chi connectivity index (χ0) is 30.1. The van der Waals surface area contributed by atoms with Gasteiger partial charge in [0.25, 0.3) is 0 Å². The van der Waals surface area contributed by atoms with Gasteiger partial charge < -0.3 is 48.5 Å². The SMILES string of the molecule is CC(NC(=O)CNC(=O)CNC(=O)CNC(=O)C(CCC(N)=O)NC(=O)C(CC(=O)O)NC(=O)CCl)C(N)=O. The van der Waals surface area contributed by atoms with Crippen molar-refractivity contribution in [2.75, 3.05) is 25.5 Å². The largest absolute Gasteiger partial charge is 0.481 e. The van der Waals surface area contributed by atoms with Crippen molar-refractivity contribution >= 4 is 64.8 Å². The minimum absolute atomic E-state index is 0.323. The Morgan fingerprint density at radius 3 is 1.74 bits per heavy atom. The van der Waals surface area contributed by atoms with Crippen LogP contribution in [-0.4, -0.2) is 102 Å². The maximum Gasteiger partial charge on any atom is 0.305 e. The Kier molecular flexibility index (Phi) is 15.8. The molecule has 218 valence electrons. The van der Waals surface area contributed by atoms with Gasteiger partial charge in [-0.1, -0.05) is 0 Å². The molecule has 19 heteroatoms. The number of hydrogen-bond donors (Lipinski definition) is 9. The Hall–Kier alpha value is -4.48. The highest BCUT2D eigenvalue weighted by Crippen LogP contribution is 2.01. The fraction of sp³-hybridized carbons (Fsp3) is 0.550. The minimum Gasteiger partial charge on any atom is -0.481 e. The van der Waals surface area contributed by atoms with E-state index in [2.05, 4.69) is 31.9 Å². The average molecular weight is 579 g/mol. The Morgan fingerprint density at radius 2 is 1.26 bits per heavy atom. The van der Waals surface area contributed by atoms with E-state index in [4.69, 9.17) is 28.2 Å². The predicted octanol–water partition coefficient (Wildman–Crippen LogP) is -5.73. The number of carbonyl (C=O) groups is 9. The first-order valence-electron chi connectivity index (χ1n) is 11.2. The van der Waals surface area contributed by atoms with Crippen LogP contribution in [0, 0.1) is 0 Å². The topological polar surface area (TPSA) is 298 Å². The van der Waals surface area contributed by atoms with Crippen LogP contribution in [0.15, 0.2) is 0 Å². The average Bonchev–Trinajstić information content (AvgIpc) is 2.85. The number of halogens is 1. The monoisotopic (exact) mass is 578 g/mol. The molecule has 0 aliphatic carbocycles. The fourth-order valence-corrected chi connectivity index (χ4v) is 2.66. The third kappa shape index (κ3) is 16.1. The van der Waals surface area contributed by atoms with Gasteiger partial charge in [0.05, 0.1) is 26.1 Å². The highest BCUT2D eigenvalue weighted by Gasteiger charge is 2.28.